The SMILES string of the molecule is CC(NNc1ccccc1)=C(C#N)C(N)=S. The number of nitrogens with one attached hydrogen (secondary N) is 2. The second-order valence-electron chi connectivity index (χ2n) is 3.09. The Morgan fingerprint density at radius 3 is 2.50 bits per heavy atom. The second kappa shape index (κ2) is 5.73. The smallest absolute Gasteiger partial charge is 0.116 e. The Morgan fingerprint density at radius 1 is 1.38 bits per heavy atom. The highest BCUT2D eigenvalue weighted by atomic mass is 32.1. The van der Waals surface area contributed by atoms with Crippen LogP contribution in [0.2, 0.25) is 0 Å². The van der Waals surface area contributed by atoms with Gasteiger partial charge in [-0.05, 0) is 19.1 Å². The Balaban J connectivity index is 2.69. The van der Waals surface area contributed by atoms with Gasteiger partial charge in [0.05, 0.1) is 5.69 Å². The summed E-state index contributed by atoms with van der Waals surface area (Å²) in [5.41, 5.74) is 13.0. The highest BCUT2D eigenvalue weighted by Crippen LogP contribution is 2.05. The van der Waals surface area contributed by atoms with E-state index in [1.807, 2.05) is 36.4 Å². The Morgan fingerprint density at radius 2 is 2.00 bits per heavy atom. The fourth-order valence-corrected chi connectivity index (χ4v) is 1.27. The number of rotatable bonds is 4. The molecule has 1 rings (SSSR count). The maximum absolute atomic E-state index is 8.82. The van der Waals surface area contributed by atoms with Crippen molar-refractivity contribution < 1.29 is 0 Å². The van der Waals surface area contributed by atoms with Gasteiger partial charge >= 0.3 is 0 Å². The molecule has 5 heteroatoms. The maximum Gasteiger partial charge on any atom is 0.116 e. The topological polar surface area (TPSA) is 73.9 Å². The second-order valence-corrected chi connectivity index (χ2v) is 3.53. The van der Waals surface area contributed by atoms with Crippen molar-refractivity contribution in [2.75, 3.05) is 5.43 Å². The van der Waals surface area contributed by atoms with E-state index in [0.717, 1.165) is 5.69 Å². The summed E-state index contributed by atoms with van der Waals surface area (Å²) in [6, 6.07) is 11.5. The zero-order chi connectivity index (χ0) is 12.0. The van der Waals surface area contributed by atoms with Crippen LogP contribution in [0.25, 0.3) is 0 Å². The van der Waals surface area contributed by atoms with Crippen LogP contribution in [0, 0.1) is 11.3 Å². The fraction of sp³-hybridized carbons (Fsp3) is 0.0909. The third kappa shape index (κ3) is 3.26. The number of thiocarbonyl (C=S) groups is 1. The normalized spacial score (nSPS) is 11.0. The number of hydrogen-bond acceptors (Lipinski definition) is 4. The van der Waals surface area contributed by atoms with Crippen molar-refractivity contribution >= 4 is 22.9 Å². The molecule has 0 aliphatic carbocycles. The lowest BCUT2D eigenvalue weighted by Gasteiger charge is -2.11. The number of allylic oxidation sites excluding steroid dienone is 1. The van der Waals surface area contributed by atoms with Gasteiger partial charge in [0, 0.05) is 5.70 Å². The van der Waals surface area contributed by atoms with Crippen molar-refractivity contribution in [3.8, 4) is 6.07 Å². The van der Waals surface area contributed by atoms with Crippen LogP contribution >= 0.6 is 12.2 Å². The first-order valence-corrected chi connectivity index (χ1v) is 5.04. The molecule has 0 aliphatic rings. The molecule has 0 fully saturated rings. The van der Waals surface area contributed by atoms with Crippen molar-refractivity contribution in [2.45, 2.75) is 6.92 Å². The molecule has 0 aromatic heterocycles. The largest absolute Gasteiger partial charge is 0.389 e. The van der Waals surface area contributed by atoms with E-state index in [4.69, 9.17) is 23.2 Å². The van der Waals surface area contributed by atoms with Gasteiger partial charge in [0.2, 0.25) is 0 Å². The van der Waals surface area contributed by atoms with Crippen LogP contribution < -0.4 is 16.6 Å². The molecular weight excluding hydrogens is 220 g/mol. The Kier molecular flexibility index (Phi) is 4.30. The number of nitriles is 1. The van der Waals surface area contributed by atoms with Gasteiger partial charge in [0.1, 0.15) is 16.6 Å². The van der Waals surface area contributed by atoms with E-state index in [0.29, 0.717) is 5.70 Å². The van der Waals surface area contributed by atoms with Crippen molar-refractivity contribution in [1.82, 2.24) is 5.43 Å². The minimum atomic E-state index is 0.0855. The summed E-state index contributed by atoms with van der Waals surface area (Å²) in [6.07, 6.45) is 0. The van der Waals surface area contributed by atoms with E-state index in [2.05, 4.69) is 10.9 Å². The zero-order valence-corrected chi connectivity index (χ0v) is 9.64. The molecule has 0 unspecified atom stereocenters. The molecule has 0 atom stereocenters. The lowest BCUT2D eigenvalue weighted by atomic mass is 10.2. The average Bonchev–Trinajstić information content (AvgIpc) is 2.28. The van der Waals surface area contributed by atoms with Crippen LogP contribution in [0.5, 0.6) is 0 Å². The molecule has 0 radical (unpaired) electrons. The van der Waals surface area contributed by atoms with Crippen LogP contribution in [0.1, 0.15) is 6.92 Å². The van der Waals surface area contributed by atoms with Gasteiger partial charge in [0.25, 0.3) is 0 Å². The summed E-state index contributed by atoms with van der Waals surface area (Å²) < 4.78 is 0. The van der Waals surface area contributed by atoms with Gasteiger partial charge < -0.3 is 16.6 Å². The maximum atomic E-state index is 8.82. The Bertz CT molecular complexity index is 445. The lowest BCUT2D eigenvalue weighted by Crippen LogP contribution is -2.24. The van der Waals surface area contributed by atoms with Crippen LogP contribution in [0.3, 0.4) is 0 Å². The number of nitrogens with zero attached hydrogens (tertiary/aromatic N) is 1. The fourth-order valence-electron chi connectivity index (χ4n) is 1.07. The van der Waals surface area contributed by atoms with Crippen molar-refractivity contribution in [1.29, 1.82) is 5.26 Å². The molecule has 4 N–H and O–H groups in total. The van der Waals surface area contributed by atoms with Gasteiger partial charge in [0.15, 0.2) is 0 Å². The molecule has 0 aliphatic heterocycles. The monoisotopic (exact) mass is 232 g/mol. The molecular formula is C11H12N4S. The number of hydrogen-bond donors (Lipinski definition) is 3. The molecule has 1 aromatic rings. The van der Waals surface area contributed by atoms with Gasteiger partial charge in [-0.15, -0.1) is 0 Å². The van der Waals surface area contributed by atoms with E-state index in [-0.39, 0.29) is 10.6 Å². The molecule has 0 spiro atoms. The quantitative estimate of drug-likeness (QED) is 0.319. The first-order valence-electron chi connectivity index (χ1n) is 4.63. The minimum Gasteiger partial charge on any atom is -0.389 e. The van der Waals surface area contributed by atoms with E-state index < -0.39 is 0 Å². The third-order valence-corrected chi connectivity index (χ3v) is 2.11. The first-order chi connectivity index (χ1) is 7.65. The van der Waals surface area contributed by atoms with E-state index in [1.165, 1.54) is 0 Å². The molecule has 1 aromatic carbocycles. The Hall–Kier alpha value is -2.06. The lowest BCUT2D eigenvalue weighted by molar-refractivity contribution is 0.955. The minimum absolute atomic E-state index is 0.0855. The summed E-state index contributed by atoms with van der Waals surface area (Å²) in [7, 11) is 0. The standard InChI is InChI=1S/C11H12N4S/c1-8(10(7-12)11(13)16)14-15-9-5-3-2-4-6-9/h2-6,14-15H,1H3,(H2,13,16). The number of anilines is 1. The number of benzene rings is 1. The molecule has 0 saturated heterocycles. The van der Waals surface area contributed by atoms with Crippen LogP contribution in [0.4, 0.5) is 5.69 Å². The van der Waals surface area contributed by atoms with Crippen LogP contribution in [0.15, 0.2) is 41.6 Å². The third-order valence-electron chi connectivity index (χ3n) is 1.90. The van der Waals surface area contributed by atoms with Gasteiger partial charge in [-0.25, -0.2) is 0 Å². The number of nitrogens with two attached hydrogens (primary N) is 1. The highest BCUT2D eigenvalue weighted by molar-refractivity contribution is 7.80. The average molecular weight is 232 g/mol. The van der Waals surface area contributed by atoms with Gasteiger partial charge in [-0.3, -0.25) is 0 Å². The highest BCUT2D eigenvalue weighted by Gasteiger charge is 2.04. The van der Waals surface area contributed by atoms with Crippen molar-refractivity contribution in [3.05, 3.63) is 41.6 Å². The first kappa shape index (κ1) is 12.0. The molecule has 0 bridgehead atoms. The molecule has 0 heterocycles. The van der Waals surface area contributed by atoms with Crippen LogP contribution in [-0.2, 0) is 0 Å². The molecule has 0 saturated carbocycles. The molecule has 82 valence electrons. The van der Waals surface area contributed by atoms with Crippen LogP contribution in [-0.4, -0.2) is 4.99 Å². The molecule has 16 heavy (non-hydrogen) atoms. The Labute approximate surface area is 99.7 Å². The van der Waals surface area contributed by atoms with E-state index in [9.17, 15) is 0 Å². The summed E-state index contributed by atoms with van der Waals surface area (Å²) in [5, 5.41) is 8.82. The predicted molar refractivity (Wildman–Crippen MR) is 68.3 cm³/mol. The zero-order valence-electron chi connectivity index (χ0n) is 8.82. The van der Waals surface area contributed by atoms with Gasteiger partial charge in [-0.1, -0.05) is 30.4 Å². The number of hydrazine groups is 1. The van der Waals surface area contributed by atoms with Gasteiger partial charge in [-0.2, -0.15) is 5.26 Å². The van der Waals surface area contributed by atoms with Crippen molar-refractivity contribution in [3.63, 3.8) is 0 Å². The summed E-state index contributed by atoms with van der Waals surface area (Å²) in [4.78, 5) is 0.0855. The summed E-state index contributed by atoms with van der Waals surface area (Å²) >= 11 is 4.75. The summed E-state index contributed by atoms with van der Waals surface area (Å²) in [6.45, 7) is 1.73. The number of para-hydroxylation sites is 1. The summed E-state index contributed by atoms with van der Waals surface area (Å²) in [5.74, 6) is 0. The van der Waals surface area contributed by atoms with E-state index in [1.54, 1.807) is 6.92 Å². The predicted octanol–water partition coefficient (Wildman–Crippen LogP) is 1.69. The molecule has 4 nitrogen and oxygen atoms in total. The van der Waals surface area contributed by atoms with E-state index >= 15 is 0 Å². The molecule has 0 amide bonds. The van der Waals surface area contributed by atoms with Crippen molar-refractivity contribution in [2.24, 2.45) is 5.73 Å².